The molecule has 0 saturated heterocycles. The second-order valence-corrected chi connectivity index (χ2v) is 6.58. The summed E-state index contributed by atoms with van der Waals surface area (Å²) in [5.74, 6) is 5.72. The molecule has 0 N–H and O–H groups in total. The van der Waals surface area contributed by atoms with Crippen molar-refractivity contribution in [2.24, 2.45) is 0 Å². The molecule has 25 heavy (non-hydrogen) atoms. The number of rotatable bonds is 5. The van der Waals surface area contributed by atoms with Crippen LogP contribution < -0.4 is 0 Å². The average Bonchev–Trinajstić information content (AvgIpc) is 2.55. The third-order valence-electron chi connectivity index (χ3n) is 3.18. The Morgan fingerprint density at radius 3 is 2.64 bits per heavy atom. The van der Waals surface area contributed by atoms with E-state index >= 15 is 0 Å². The normalized spacial score (nSPS) is 10.7. The van der Waals surface area contributed by atoms with E-state index < -0.39 is 5.60 Å². The van der Waals surface area contributed by atoms with Gasteiger partial charge in [0, 0.05) is 18.0 Å². The van der Waals surface area contributed by atoms with Crippen LogP contribution >= 0.6 is 0 Å². The molecule has 0 bridgehead atoms. The second-order valence-electron chi connectivity index (χ2n) is 6.58. The van der Waals surface area contributed by atoms with E-state index in [2.05, 4.69) is 16.8 Å². The number of aromatic nitrogens is 1. The third kappa shape index (κ3) is 7.19. The Bertz CT molecular complexity index is 752. The zero-order valence-corrected chi connectivity index (χ0v) is 14.9. The molecule has 0 aliphatic carbocycles. The quantitative estimate of drug-likeness (QED) is 0.476. The zero-order valence-electron chi connectivity index (χ0n) is 14.9. The lowest BCUT2D eigenvalue weighted by Gasteiger charge is -2.19. The summed E-state index contributed by atoms with van der Waals surface area (Å²) in [6.07, 6.45) is 3.48. The fourth-order valence-electron chi connectivity index (χ4n) is 2.15. The van der Waals surface area contributed by atoms with Crippen LogP contribution in [-0.2, 0) is 27.3 Å². The molecule has 130 valence electrons. The zero-order chi connectivity index (χ0) is 18.1. The number of nitrogens with zero attached hydrogens (tertiary/aromatic N) is 1. The smallest absolute Gasteiger partial charge is 0.310 e. The highest BCUT2D eigenvalue weighted by Gasteiger charge is 2.17. The van der Waals surface area contributed by atoms with E-state index in [1.54, 1.807) is 18.5 Å². The van der Waals surface area contributed by atoms with Gasteiger partial charge in [-0.1, -0.05) is 42.2 Å². The Hall–Kier alpha value is -2.64. The van der Waals surface area contributed by atoms with E-state index in [1.165, 1.54) is 0 Å². The molecular formula is C21H23NO3. The maximum absolute atomic E-state index is 12.0. The van der Waals surface area contributed by atoms with Crippen LogP contribution in [0, 0.1) is 11.8 Å². The Morgan fingerprint density at radius 1 is 1.16 bits per heavy atom. The Balaban J connectivity index is 1.91. The minimum atomic E-state index is -0.499. The molecule has 1 heterocycles. The molecule has 0 atom stereocenters. The molecule has 4 nitrogen and oxygen atoms in total. The van der Waals surface area contributed by atoms with Crippen molar-refractivity contribution in [3.8, 4) is 11.8 Å². The molecule has 0 unspecified atom stereocenters. The molecule has 1 aromatic carbocycles. The highest BCUT2D eigenvalue weighted by molar-refractivity contribution is 5.74. The standard InChI is InChI=1S/C21H23NO3/c1-21(2,3)25-20(23)14-18-11-12-22-15-19(18)10-7-13-24-16-17-8-5-4-6-9-17/h4-6,8-9,11-12,15H,13-14,16H2,1-3H3. The van der Waals surface area contributed by atoms with Crippen molar-refractivity contribution in [1.29, 1.82) is 0 Å². The molecular weight excluding hydrogens is 314 g/mol. The SMILES string of the molecule is CC(C)(C)OC(=O)Cc1ccncc1C#CCOCc1ccccc1. The number of carbonyl (C=O) groups is 1. The van der Waals surface area contributed by atoms with Crippen molar-refractivity contribution < 1.29 is 14.3 Å². The monoisotopic (exact) mass is 337 g/mol. The van der Waals surface area contributed by atoms with Gasteiger partial charge in [-0.05, 0) is 38.0 Å². The molecule has 0 fully saturated rings. The summed E-state index contributed by atoms with van der Waals surface area (Å²) in [6.45, 7) is 6.38. The summed E-state index contributed by atoms with van der Waals surface area (Å²) < 4.78 is 10.9. The molecule has 0 aliphatic heterocycles. The van der Waals surface area contributed by atoms with Crippen molar-refractivity contribution in [1.82, 2.24) is 4.98 Å². The van der Waals surface area contributed by atoms with E-state index in [0.29, 0.717) is 13.2 Å². The number of benzene rings is 1. The molecule has 2 aromatic rings. The number of carbonyl (C=O) groups excluding carboxylic acids is 1. The number of esters is 1. The van der Waals surface area contributed by atoms with Gasteiger partial charge >= 0.3 is 5.97 Å². The van der Waals surface area contributed by atoms with E-state index in [0.717, 1.165) is 16.7 Å². The summed E-state index contributed by atoms with van der Waals surface area (Å²) in [5.41, 5.74) is 2.13. The van der Waals surface area contributed by atoms with Crippen LogP contribution in [0.25, 0.3) is 0 Å². The van der Waals surface area contributed by atoms with Crippen LogP contribution in [0.1, 0.15) is 37.5 Å². The van der Waals surface area contributed by atoms with Gasteiger partial charge in [-0.25, -0.2) is 0 Å². The largest absolute Gasteiger partial charge is 0.460 e. The number of ether oxygens (including phenoxy) is 2. The fraction of sp³-hybridized carbons (Fsp3) is 0.333. The molecule has 0 spiro atoms. The molecule has 0 amide bonds. The summed E-state index contributed by atoms with van der Waals surface area (Å²) in [6, 6.07) is 11.7. The van der Waals surface area contributed by atoms with Gasteiger partial charge in [-0.2, -0.15) is 0 Å². The van der Waals surface area contributed by atoms with Crippen molar-refractivity contribution in [2.75, 3.05) is 6.61 Å². The topological polar surface area (TPSA) is 48.4 Å². The predicted octanol–water partition coefficient (Wildman–Crippen LogP) is 3.53. The first kappa shape index (κ1) is 18.7. The molecule has 0 radical (unpaired) electrons. The van der Waals surface area contributed by atoms with E-state index in [-0.39, 0.29) is 12.4 Å². The van der Waals surface area contributed by atoms with Crippen LogP contribution in [-0.4, -0.2) is 23.2 Å². The average molecular weight is 337 g/mol. The van der Waals surface area contributed by atoms with Gasteiger partial charge in [0.25, 0.3) is 0 Å². The number of hydrogen-bond acceptors (Lipinski definition) is 4. The van der Waals surface area contributed by atoms with Crippen LogP contribution in [0.15, 0.2) is 48.8 Å². The highest BCUT2D eigenvalue weighted by atomic mass is 16.6. The molecule has 2 rings (SSSR count). The lowest BCUT2D eigenvalue weighted by molar-refractivity contribution is -0.153. The minimum absolute atomic E-state index is 0.175. The maximum atomic E-state index is 12.0. The third-order valence-corrected chi connectivity index (χ3v) is 3.18. The highest BCUT2D eigenvalue weighted by Crippen LogP contribution is 2.12. The van der Waals surface area contributed by atoms with Crippen LogP contribution in [0.5, 0.6) is 0 Å². The van der Waals surface area contributed by atoms with E-state index in [1.807, 2.05) is 51.1 Å². The van der Waals surface area contributed by atoms with Gasteiger partial charge in [-0.15, -0.1) is 0 Å². The van der Waals surface area contributed by atoms with Gasteiger partial charge in [0.1, 0.15) is 12.2 Å². The lowest BCUT2D eigenvalue weighted by Crippen LogP contribution is -2.25. The van der Waals surface area contributed by atoms with Crippen molar-refractivity contribution >= 4 is 5.97 Å². The Labute approximate surface area is 149 Å². The second kappa shape index (κ2) is 9.00. The van der Waals surface area contributed by atoms with Gasteiger partial charge in [0.05, 0.1) is 13.0 Å². The Morgan fingerprint density at radius 2 is 1.92 bits per heavy atom. The van der Waals surface area contributed by atoms with Gasteiger partial charge < -0.3 is 9.47 Å². The molecule has 0 saturated carbocycles. The molecule has 0 aliphatic rings. The Kier molecular flexibility index (Phi) is 6.73. The van der Waals surface area contributed by atoms with Gasteiger partial charge in [-0.3, -0.25) is 9.78 Å². The molecule has 1 aromatic heterocycles. The van der Waals surface area contributed by atoms with Gasteiger partial charge in [0.15, 0.2) is 0 Å². The number of pyridine rings is 1. The van der Waals surface area contributed by atoms with Crippen LogP contribution in [0.3, 0.4) is 0 Å². The number of hydrogen-bond donors (Lipinski definition) is 0. The first-order valence-electron chi connectivity index (χ1n) is 8.19. The molecule has 4 heteroatoms. The van der Waals surface area contributed by atoms with Crippen LogP contribution in [0.2, 0.25) is 0 Å². The van der Waals surface area contributed by atoms with Gasteiger partial charge in [0.2, 0.25) is 0 Å². The summed E-state index contributed by atoms with van der Waals surface area (Å²) >= 11 is 0. The summed E-state index contributed by atoms with van der Waals surface area (Å²) in [7, 11) is 0. The summed E-state index contributed by atoms with van der Waals surface area (Å²) in [5, 5.41) is 0. The van der Waals surface area contributed by atoms with Crippen molar-refractivity contribution in [3.63, 3.8) is 0 Å². The van der Waals surface area contributed by atoms with Crippen molar-refractivity contribution in [2.45, 2.75) is 39.4 Å². The summed E-state index contributed by atoms with van der Waals surface area (Å²) in [4.78, 5) is 16.1. The first-order chi connectivity index (χ1) is 11.9. The fourth-order valence-corrected chi connectivity index (χ4v) is 2.15. The van der Waals surface area contributed by atoms with Crippen molar-refractivity contribution in [3.05, 3.63) is 65.5 Å². The minimum Gasteiger partial charge on any atom is -0.460 e. The maximum Gasteiger partial charge on any atom is 0.310 e. The predicted molar refractivity (Wildman–Crippen MR) is 96.8 cm³/mol. The first-order valence-corrected chi connectivity index (χ1v) is 8.19. The lowest BCUT2D eigenvalue weighted by atomic mass is 10.1. The van der Waals surface area contributed by atoms with E-state index in [9.17, 15) is 4.79 Å². The van der Waals surface area contributed by atoms with E-state index in [4.69, 9.17) is 9.47 Å². The van der Waals surface area contributed by atoms with Crippen LogP contribution in [0.4, 0.5) is 0 Å².